The fourth-order valence-electron chi connectivity index (χ4n) is 1.57. The lowest BCUT2D eigenvalue weighted by Crippen LogP contribution is -2.11. The lowest BCUT2D eigenvalue weighted by atomic mass is 10.1. The molecule has 0 fully saturated rings. The fraction of sp³-hybridized carbons (Fsp3) is 0.200. The number of nitrogens with zero attached hydrogens (tertiary/aromatic N) is 1. The molecule has 4 nitrogen and oxygen atoms in total. The highest BCUT2D eigenvalue weighted by molar-refractivity contribution is 7.11. The molecule has 0 atom stereocenters. The first-order chi connectivity index (χ1) is 9.70. The molecule has 5 heteroatoms. The third kappa shape index (κ3) is 3.67. The van der Waals surface area contributed by atoms with Gasteiger partial charge in [-0.1, -0.05) is 17.9 Å². The first-order valence-electron chi connectivity index (χ1n) is 6.11. The molecule has 1 aromatic heterocycles. The van der Waals surface area contributed by atoms with Crippen LogP contribution in [0.1, 0.15) is 27.2 Å². The third-order valence-electron chi connectivity index (χ3n) is 2.61. The molecule has 0 bridgehead atoms. The Labute approximate surface area is 121 Å². The van der Waals surface area contributed by atoms with Crippen molar-refractivity contribution < 1.29 is 9.90 Å². The van der Waals surface area contributed by atoms with Gasteiger partial charge in [0.25, 0.3) is 5.91 Å². The Balaban J connectivity index is 2.17. The minimum Gasteiger partial charge on any atom is -0.395 e. The van der Waals surface area contributed by atoms with E-state index in [1.54, 1.807) is 11.7 Å². The molecule has 0 radical (unpaired) electrons. The van der Waals surface area contributed by atoms with Gasteiger partial charge in [0.1, 0.15) is 4.88 Å². The third-order valence-corrected chi connectivity index (χ3v) is 3.38. The van der Waals surface area contributed by atoms with Crippen molar-refractivity contribution in [2.45, 2.75) is 13.3 Å². The van der Waals surface area contributed by atoms with E-state index in [0.29, 0.717) is 11.3 Å². The zero-order valence-corrected chi connectivity index (χ0v) is 11.8. The molecule has 2 aromatic rings. The van der Waals surface area contributed by atoms with Gasteiger partial charge in [0.15, 0.2) is 0 Å². The number of aliphatic hydroxyl groups excluding tert-OH is 1. The van der Waals surface area contributed by atoms with Crippen LogP contribution in [0.5, 0.6) is 0 Å². The van der Waals surface area contributed by atoms with E-state index in [1.165, 1.54) is 11.3 Å². The monoisotopic (exact) mass is 286 g/mol. The second-order valence-corrected chi connectivity index (χ2v) is 5.01. The number of thiazole rings is 1. The predicted molar refractivity (Wildman–Crippen MR) is 79.8 cm³/mol. The standard InChI is InChI=1S/C15H14N2O2S/c1-11-5-6-12(4-2-3-7-18)8-13(11)17-15(19)14-9-16-10-20-14/h5-6,8-10,18H,3,7H2,1H3,(H,17,19). The Morgan fingerprint density at radius 2 is 2.35 bits per heavy atom. The summed E-state index contributed by atoms with van der Waals surface area (Å²) in [5, 5.41) is 11.6. The number of nitrogens with one attached hydrogen (secondary N) is 1. The van der Waals surface area contributed by atoms with Crippen molar-refractivity contribution >= 4 is 22.9 Å². The molecule has 0 saturated carbocycles. The van der Waals surface area contributed by atoms with E-state index in [9.17, 15) is 4.79 Å². The van der Waals surface area contributed by atoms with Gasteiger partial charge in [-0.05, 0) is 24.6 Å². The van der Waals surface area contributed by atoms with Crippen LogP contribution in [0.4, 0.5) is 5.69 Å². The van der Waals surface area contributed by atoms with Crippen LogP contribution in [0, 0.1) is 18.8 Å². The molecule has 1 aromatic carbocycles. The molecule has 1 heterocycles. The van der Waals surface area contributed by atoms with Gasteiger partial charge in [0.2, 0.25) is 0 Å². The normalized spacial score (nSPS) is 9.70. The molecule has 0 spiro atoms. The van der Waals surface area contributed by atoms with Crippen LogP contribution in [0.3, 0.4) is 0 Å². The van der Waals surface area contributed by atoms with Crippen molar-refractivity contribution in [2.24, 2.45) is 0 Å². The smallest absolute Gasteiger partial charge is 0.267 e. The largest absolute Gasteiger partial charge is 0.395 e. The SMILES string of the molecule is Cc1ccc(C#CCCO)cc1NC(=O)c1cncs1. The van der Waals surface area contributed by atoms with Gasteiger partial charge in [-0.3, -0.25) is 9.78 Å². The summed E-state index contributed by atoms with van der Waals surface area (Å²) in [6.45, 7) is 1.97. The van der Waals surface area contributed by atoms with Crippen LogP contribution >= 0.6 is 11.3 Å². The highest BCUT2D eigenvalue weighted by Crippen LogP contribution is 2.18. The number of aryl methyl sites for hydroxylation is 1. The number of benzene rings is 1. The Morgan fingerprint density at radius 1 is 1.50 bits per heavy atom. The number of hydrogen-bond acceptors (Lipinski definition) is 4. The number of anilines is 1. The van der Waals surface area contributed by atoms with Crippen molar-refractivity contribution in [2.75, 3.05) is 11.9 Å². The molecule has 20 heavy (non-hydrogen) atoms. The van der Waals surface area contributed by atoms with E-state index >= 15 is 0 Å². The fourth-order valence-corrected chi connectivity index (χ4v) is 2.08. The molecule has 0 unspecified atom stereocenters. The summed E-state index contributed by atoms with van der Waals surface area (Å²) in [6, 6.07) is 5.63. The zero-order chi connectivity index (χ0) is 14.4. The Kier molecular flexibility index (Phi) is 4.88. The minimum absolute atomic E-state index is 0.0494. The summed E-state index contributed by atoms with van der Waals surface area (Å²) < 4.78 is 0. The highest BCUT2D eigenvalue weighted by atomic mass is 32.1. The summed E-state index contributed by atoms with van der Waals surface area (Å²) in [5.74, 6) is 5.64. The number of hydrogen-bond donors (Lipinski definition) is 2. The predicted octanol–water partition coefficient (Wildman–Crippen LogP) is 2.44. The minimum atomic E-state index is -0.170. The second-order valence-electron chi connectivity index (χ2n) is 4.12. The van der Waals surface area contributed by atoms with Crippen molar-refractivity contribution in [3.8, 4) is 11.8 Å². The van der Waals surface area contributed by atoms with Crippen LogP contribution in [0.2, 0.25) is 0 Å². The summed E-state index contributed by atoms with van der Waals surface area (Å²) in [7, 11) is 0. The number of aliphatic hydroxyl groups is 1. The summed E-state index contributed by atoms with van der Waals surface area (Å²) in [5.41, 5.74) is 4.14. The maximum Gasteiger partial charge on any atom is 0.267 e. The number of amides is 1. The van der Waals surface area contributed by atoms with Gasteiger partial charge < -0.3 is 10.4 Å². The Bertz CT molecular complexity index is 654. The maximum atomic E-state index is 12.0. The molecule has 1 amide bonds. The lowest BCUT2D eigenvalue weighted by molar-refractivity contribution is 0.103. The van der Waals surface area contributed by atoms with E-state index in [-0.39, 0.29) is 12.5 Å². The average Bonchev–Trinajstić information content (AvgIpc) is 2.97. The van der Waals surface area contributed by atoms with Crippen molar-refractivity contribution in [3.63, 3.8) is 0 Å². The van der Waals surface area contributed by atoms with Gasteiger partial charge in [-0.15, -0.1) is 11.3 Å². The maximum absolute atomic E-state index is 12.0. The number of rotatable bonds is 3. The molecular formula is C15H14N2O2S. The van der Waals surface area contributed by atoms with E-state index in [4.69, 9.17) is 5.11 Å². The van der Waals surface area contributed by atoms with E-state index in [0.717, 1.165) is 16.8 Å². The van der Waals surface area contributed by atoms with Crippen molar-refractivity contribution in [1.29, 1.82) is 0 Å². The highest BCUT2D eigenvalue weighted by Gasteiger charge is 2.09. The van der Waals surface area contributed by atoms with Crippen molar-refractivity contribution in [1.82, 2.24) is 4.98 Å². The summed E-state index contributed by atoms with van der Waals surface area (Å²) in [6.07, 6.45) is 1.98. The van der Waals surface area contributed by atoms with Crippen LogP contribution in [-0.2, 0) is 0 Å². The quantitative estimate of drug-likeness (QED) is 0.852. The lowest BCUT2D eigenvalue weighted by Gasteiger charge is -2.07. The number of aromatic nitrogens is 1. The van der Waals surface area contributed by atoms with E-state index < -0.39 is 0 Å². The Hall–Kier alpha value is -2.16. The zero-order valence-electron chi connectivity index (χ0n) is 11.0. The molecule has 0 aliphatic carbocycles. The van der Waals surface area contributed by atoms with Crippen LogP contribution in [0.25, 0.3) is 0 Å². The first kappa shape index (κ1) is 14.3. The Morgan fingerprint density at radius 3 is 3.05 bits per heavy atom. The van der Waals surface area contributed by atoms with Gasteiger partial charge in [-0.2, -0.15) is 0 Å². The van der Waals surface area contributed by atoms with Gasteiger partial charge in [-0.25, -0.2) is 0 Å². The summed E-state index contributed by atoms with van der Waals surface area (Å²) in [4.78, 5) is 16.4. The average molecular weight is 286 g/mol. The van der Waals surface area contributed by atoms with Crippen LogP contribution in [-0.4, -0.2) is 22.6 Å². The van der Waals surface area contributed by atoms with Crippen molar-refractivity contribution in [3.05, 3.63) is 45.9 Å². The van der Waals surface area contributed by atoms with Gasteiger partial charge in [0, 0.05) is 17.7 Å². The number of carbonyl (C=O) groups is 1. The number of carbonyl (C=O) groups excluding carboxylic acids is 1. The molecule has 2 N–H and O–H groups in total. The topological polar surface area (TPSA) is 62.2 Å². The van der Waals surface area contributed by atoms with E-state index in [1.807, 2.05) is 25.1 Å². The molecular weight excluding hydrogens is 272 g/mol. The molecule has 0 aliphatic heterocycles. The second kappa shape index (κ2) is 6.85. The molecule has 2 rings (SSSR count). The summed E-state index contributed by atoms with van der Waals surface area (Å²) >= 11 is 1.30. The van der Waals surface area contributed by atoms with Crippen LogP contribution in [0.15, 0.2) is 29.9 Å². The van der Waals surface area contributed by atoms with Gasteiger partial charge in [0.05, 0.1) is 18.3 Å². The molecule has 102 valence electrons. The first-order valence-corrected chi connectivity index (χ1v) is 6.99. The molecule has 0 saturated heterocycles. The van der Waals surface area contributed by atoms with E-state index in [2.05, 4.69) is 22.1 Å². The van der Waals surface area contributed by atoms with Crippen LogP contribution < -0.4 is 5.32 Å². The molecule has 0 aliphatic rings. The van der Waals surface area contributed by atoms with Gasteiger partial charge >= 0.3 is 0 Å².